The van der Waals surface area contributed by atoms with Crippen LogP contribution in [0.25, 0.3) is 16.9 Å². The van der Waals surface area contributed by atoms with E-state index in [0.29, 0.717) is 17.2 Å². The zero-order chi connectivity index (χ0) is 18.8. The molecular weight excluding hydrogens is 340 g/mol. The average molecular weight is 360 g/mol. The first-order valence-electron chi connectivity index (χ1n) is 8.83. The second-order valence-corrected chi connectivity index (χ2v) is 6.49. The minimum atomic E-state index is 0.346. The average Bonchev–Trinajstić information content (AvgIpc) is 3.40. The molecule has 0 spiro atoms. The van der Waals surface area contributed by atoms with Crippen LogP contribution in [0.1, 0.15) is 18.4 Å². The molecule has 7 heteroatoms. The van der Waals surface area contributed by atoms with Gasteiger partial charge in [-0.1, -0.05) is 0 Å². The highest BCUT2D eigenvalue weighted by atomic mass is 16.5. The zero-order valence-corrected chi connectivity index (χ0v) is 15.1. The molecule has 0 radical (unpaired) electrons. The van der Waals surface area contributed by atoms with Crippen LogP contribution in [0.4, 0.5) is 11.5 Å². The largest absolute Gasteiger partial charge is 0.497 e. The number of rotatable bonds is 4. The molecule has 0 unspecified atom stereocenters. The minimum absolute atomic E-state index is 0.346. The molecule has 1 aliphatic rings. The number of methoxy groups -OCH3 is 1. The number of imidazole rings is 1. The summed E-state index contributed by atoms with van der Waals surface area (Å²) in [5, 5.41) is 9.85. The van der Waals surface area contributed by atoms with E-state index in [9.17, 15) is 5.26 Å². The van der Waals surface area contributed by atoms with Gasteiger partial charge >= 0.3 is 0 Å². The summed E-state index contributed by atoms with van der Waals surface area (Å²) in [7, 11) is 1.65. The molecule has 1 saturated heterocycles. The summed E-state index contributed by atoms with van der Waals surface area (Å²) in [6.45, 7) is 2.05. The molecular formula is C20H20N6O. The number of benzene rings is 1. The molecule has 1 fully saturated rings. The quantitative estimate of drug-likeness (QED) is 0.769. The van der Waals surface area contributed by atoms with Crippen LogP contribution >= 0.6 is 0 Å². The first kappa shape index (κ1) is 16.9. The van der Waals surface area contributed by atoms with E-state index >= 15 is 0 Å². The fourth-order valence-electron chi connectivity index (χ4n) is 3.47. The topological polar surface area (TPSA) is 93.0 Å². The number of pyridine rings is 1. The Hall–Kier alpha value is -3.53. The van der Waals surface area contributed by atoms with Crippen molar-refractivity contribution in [3.05, 3.63) is 48.5 Å². The number of nitrogens with zero attached hydrogens (tertiary/aromatic N) is 5. The Morgan fingerprint density at radius 3 is 2.67 bits per heavy atom. The number of anilines is 2. The summed E-state index contributed by atoms with van der Waals surface area (Å²) >= 11 is 0. The Morgan fingerprint density at radius 2 is 2.00 bits per heavy atom. The number of nitrogens with two attached hydrogens (primary N) is 1. The molecule has 1 aromatic carbocycles. The van der Waals surface area contributed by atoms with Gasteiger partial charge in [0.25, 0.3) is 0 Å². The Labute approximate surface area is 157 Å². The van der Waals surface area contributed by atoms with Crippen molar-refractivity contribution < 1.29 is 4.74 Å². The SMILES string of the molecule is COc1cc(-c2cc(N)nc(-n3ccnc3)c2C#N)cc(N2CCCC2)c1. The van der Waals surface area contributed by atoms with Crippen molar-refractivity contribution in [1.82, 2.24) is 14.5 Å². The Bertz CT molecular complexity index is 1000. The summed E-state index contributed by atoms with van der Waals surface area (Å²) in [6.07, 6.45) is 7.36. The highest BCUT2D eigenvalue weighted by Crippen LogP contribution is 2.35. The molecule has 4 rings (SSSR count). The molecule has 3 aromatic rings. The zero-order valence-electron chi connectivity index (χ0n) is 15.1. The van der Waals surface area contributed by atoms with E-state index in [4.69, 9.17) is 10.5 Å². The summed E-state index contributed by atoms with van der Waals surface area (Å²) in [5.41, 5.74) is 9.20. The third kappa shape index (κ3) is 3.17. The molecule has 0 saturated carbocycles. The maximum absolute atomic E-state index is 9.85. The number of ether oxygens (including phenoxy) is 1. The molecule has 1 aliphatic heterocycles. The van der Waals surface area contributed by atoms with Crippen LogP contribution in [-0.2, 0) is 0 Å². The number of hydrogen-bond donors (Lipinski definition) is 1. The molecule has 0 amide bonds. The van der Waals surface area contributed by atoms with E-state index < -0.39 is 0 Å². The normalized spacial score (nSPS) is 13.6. The first-order valence-corrected chi connectivity index (χ1v) is 8.83. The lowest BCUT2D eigenvalue weighted by Crippen LogP contribution is -2.17. The first-order chi connectivity index (χ1) is 13.2. The van der Waals surface area contributed by atoms with Crippen molar-refractivity contribution >= 4 is 11.5 Å². The molecule has 0 aliphatic carbocycles. The van der Waals surface area contributed by atoms with Crippen LogP contribution < -0.4 is 15.4 Å². The van der Waals surface area contributed by atoms with Crippen molar-refractivity contribution in [2.45, 2.75) is 12.8 Å². The van der Waals surface area contributed by atoms with Crippen LogP contribution in [0.5, 0.6) is 5.75 Å². The number of hydrogen-bond acceptors (Lipinski definition) is 6. The van der Waals surface area contributed by atoms with Crippen molar-refractivity contribution in [3.63, 3.8) is 0 Å². The highest BCUT2D eigenvalue weighted by molar-refractivity contribution is 5.79. The van der Waals surface area contributed by atoms with Gasteiger partial charge in [0.05, 0.1) is 7.11 Å². The molecule has 3 heterocycles. The van der Waals surface area contributed by atoms with Gasteiger partial charge in [-0.25, -0.2) is 9.97 Å². The third-order valence-corrected chi connectivity index (χ3v) is 4.79. The van der Waals surface area contributed by atoms with E-state index in [-0.39, 0.29) is 0 Å². The van der Waals surface area contributed by atoms with Crippen LogP contribution in [0.3, 0.4) is 0 Å². The fraction of sp³-hybridized carbons (Fsp3) is 0.250. The van der Waals surface area contributed by atoms with Crippen molar-refractivity contribution in [1.29, 1.82) is 5.26 Å². The maximum atomic E-state index is 9.85. The van der Waals surface area contributed by atoms with E-state index in [0.717, 1.165) is 35.7 Å². The fourth-order valence-corrected chi connectivity index (χ4v) is 3.47. The third-order valence-electron chi connectivity index (χ3n) is 4.79. The van der Waals surface area contributed by atoms with E-state index in [1.807, 2.05) is 12.1 Å². The predicted octanol–water partition coefficient (Wildman–Crippen LogP) is 3.00. The summed E-state index contributed by atoms with van der Waals surface area (Å²) < 4.78 is 7.21. The molecule has 0 bridgehead atoms. The van der Waals surface area contributed by atoms with Crippen molar-refractivity contribution in [3.8, 4) is 28.8 Å². The Kier molecular flexibility index (Phi) is 4.38. The van der Waals surface area contributed by atoms with Gasteiger partial charge in [0.2, 0.25) is 0 Å². The van der Waals surface area contributed by atoms with Crippen LogP contribution in [0.15, 0.2) is 43.0 Å². The number of aromatic nitrogens is 3. The van der Waals surface area contributed by atoms with Gasteiger partial charge in [-0.2, -0.15) is 5.26 Å². The highest BCUT2D eigenvalue weighted by Gasteiger charge is 2.19. The molecule has 0 atom stereocenters. The van der Waals surface area contributed by atoms with Gasteiger partial charge in [-0.15, -0.1) is 0 Å². The van der Waals surface area contributed by atoms with Gasteiger partial charge < -0.3 is 15.4 Å². The molecule has 2 aromatic heterocycles. The summed E-state index contributed by atoms with van der Waals surface area (Å²) in [5.74, 6) is 1.56. The standard InChI is InChI=1S/C20H20N6O/c1-27-16-9-14(8-15(10-16)25-5-2-3-6-25)17-11-19(22)24-20(18(17)12-21)26-7-4-23-13-26/h4,7-11,13H,2-3,5-6H2,1H3,(H2,22,24). The van der Waals surface area contributed by atoms with E-state index in [1.54, 1.807) is 36.5 Å². The monoisotopic (exact) mass is 360 g/mol. The van der Waals surface area contributed by atoms with Crippen LogP contribution in [-0.4, -0.2) is 34.7 Å². The smallest absolute Gasteiger partial charge is 0.158 e. The van der Waals surface area contributed by atoms with Gasteiger partial charge in [0.1, 0.15) is 29.5 Å². The van der Waals surface area contributed by atoms with Gasteiger partial charge in [-0.3, -0.25) is 4.57 Å². The predicted molar refractivity (Wildman–Crippen MR) is 104 cm³/mol. The van der Waals surface area contributed by atoms with Crippen molar-refractivity contribution in [2.24, 2.45) is 0 Å². The molecule has 136 valence electrons. The second kappa shape index (κ2) is 7.00. The van der Waals surface area contributed by atoms with Crippen LogP contribution in [0, 0.1) is 11.3 Å². The lowest BCUT2D eigenvalue weighted by atomic mass is 9.99. The van der Waals surface area contributed by atoms with Gasteiger partial charge in [-0.05, 0) is 36.6 Å². The van der Waals surface area contributed by atoms with E-state index in [2.05, 4.69) is 27.0 Å². The lowest BCUT2D eigenvalue weighted by molar-refractivity contribution is 0.415. The summed E-state index contributed by atoms with van der Waals surface area (Å²) in [4.78, 5) is 10.7. The van der Waals surface area contributed by atoms with Crippen LogP contribution in [0.2, 0.25) is 0 Å². The minimum Gasteiger partial charge on any atom is -0.497 e. The molecule has 2 N–H and O–H groups in total. The Balaban J connectivity index is 1.90. The Morgan fingerprint density at radius 1 is 1.19 bits per heavy atom. The van der Waals surface area contributed by atoms with E-state index in [1.165, 1.54) is 12.8 Å². The van der Waals surface area contributed by atoms with Gasteiger partial charge in [0, 0.05) is 42.8 Å². The van der Waals surface area contributed by atoms with Gasteiger partial charge in [0.15, 0.2) is 5.82 Å². The second-order valence-electron chi connectivity index (χ2n) is 6.49. The molecule has 27 heavy (non-hydrogen) atoms. The molecule has 7 nitrogen and oxygen atoms in total. The number of nitriles is 1. The van der Waals surface area contributed by atoms with Crippen molar-refractivity contribution in [2.75, 3.05) is 30.8 Å². The maximum Gasteiger partial charge on any atom is 0.158 e. The number of nitrogen functional groups attached to an aromatic ring is 1. The summed E-state index contributed by atoms with van der Waals surface area (Å²) in [6, 6.07) is 10.1. The lowest BCUT2D eigenvalue weighted by Gasteiger charge is -2.20.